The number of carbonyl (C=O) groups excluding carboxylic acids is 1. The highest BCUT2D eigenvalue weighted by Gasteiger charge is 2.48. The summed E-state index contributed by atoms with van der Waals surface area (Å²) in [6.07, 6.45) is -0.887. The van der Waals surface area contributed by atoms with Crippen LogP contribution in [0, 0.1) is 11.3 Å². The molecule has 3 fully saturated rings. The third-order valence-electron chi connectivity index (χ3n) is 8.66. The van der Waals surface area contributed by atoms with Crippen molar-refractivity contribution in [3.8, 4) is 29.0 Å². The van der Waals surface area contributed by atoms with E-state index < -0.39 is 30.3 Å². The molecule has 5 heterocycles. The summed E-state index contributed by atoms with van der Waals surface area (Å²) in [5, 5.41) is 13.0. The molecule has 15 heteroatoms. The Bertz CT molecular complexity index is 1720. The average Bonchev–Trinajstić information content (AvgIpc) is 3.05. The van der Waals surface area contributed by atoms with Gasteiger partial charge in [0.05, 0.1) is 43.7 Å². The van der Waals surface area contributed by atoms with Gasteiger partial charge in [-0.3, -0.25) is 4.90 Å². The normalized spacial score (nSPS) is 19.7. The Balaban J connectivity index is 1.12. The van der Waals surface area contributed by atoms with Gasteiger partial charge in [-0.05, 0) is 64.1 Å². The number of piperidine rings is 1. The van der Waals surface area contributed by atoms with E-state index >= 15 is 8.78 Å². The van der Waals surface area contributed by atoms with Crippen molar-refractivity contribution < 1.29 is 32.5 Å². The number of hydrogen-bond acceptors (Lipinski definition) is 12. The molecular weight excluding hydrogens is 650 g/mol. The van der Waals surface area contributed by atoms with E-state index in [1.54, 1.807) is 39.1 Å². The van der Waals surface area contributed by atoms with E-state index in [4.69, 9.17) is 23.9 Å². The monoisotopic (exact) mass is 692 g/mol. The highest BCUT2D eigenvalue weighted by molar-refractivity contribution is 5.69. The molecule has 0 spiro atoms. The van der Waals surface area contributed by atoms with Gasteiger partial charge in [-0.15, -0.1) is 0 Å². The van der Waals surface area contributed by atoms with Gasteiger partial charge in [-0.2, -0.15) is 10.2 Å². The van der Waals surface area contributed by atoms with Gasteiger partial charge in [0.1, 0.15) is 28.9 Å². The minimum Gasteiger partial charge on any atom is -0.483 e. The van der Waals surface area contributed by atoms with Crippen LogP contribution in [-0.2, 0) is 9.47 Å². The highest BCUT2D eigenvalue weighted by atomic mass is 19.3. The second-order valence-electron chi connectivity index (χ2n) is 13.4. The van der Waals surface area contributed by atoms with Gasteiger partial charge in [-0.1, -0.05) is 0 Å². The zero-order valence-corrected chi connectivity index (χ0v) is 28.7. The summed E-state index contributed by atoms with van der Waals surface area (Å²) in [7, 11) is 0. The fourth-order valence-corrected chi connectivity index (χ4v) is 6.02. The smallest absolute Gasteiger partial charge is 0.410 e. The molecular formula is C35H42F2N8O5. The molecule has 0 aliphatic carbocycles. The number of ether oxygens (including phenoxy) is 4. The lowest BCUT2D eigenvalue weighted by Gasteiger charge is -2.43. The second-order valence-corrected chi connectivity index (χ2v) is 13.4. The first-order chi connectivity index (χ1) is 23.9. The molecule has 1 amide bonds. The third kappa shape index (κ3) is 8.14. The summed E-state index contributed by atoms with van der Waals surface area (Å²) in [5.41, 5.74) is 1.26. The molecule has 1 aromatic carbocycles. The van der Waals surface area contributed by atoms with Gasteiger partial charge < -0.3 is 34.1 Å². The number of alkyl halides is 2. The minimum atomic E-state index is -3.36. The van der Waals surface area contributed by atoms with Crippen LogP contribution in [0.3, 0.4) is 0 Å². The standard InChI is InChI=1S/C35H42F2N8O5/c1-5-48-31-27(44-16-14-43(15-17-44)25-20-47-21-25)7-9-30(41-31)42-32-39-12-10-26(40-32)23-6-8-28(24(18-23)19-38)49-29-11-13-45(22-35(29,36)37)33(46)50-34(2,3)4/h6-10,12,18,25,29H,5,11,13-17,20-22H2,1-4H3,(H,39,40,41,42). The predicted octanol–water partition coefficient (Wildman–Crippen LogP) is 5.10. The third-order valence-corrected chi connectivity index (χ3v) is 8.66. The molecule has 3 saturated heterocycles. The van der Waals surface area contributed by atoms with Crippen LogP contribution in [0.25, 0.3) is 11.3 Å². The molecule has 3 aliphatic heterocycles. The van der Waals surface area contributed by atoms with Crippen LogP contribution < -0.4 is 19.7 Å². The number of carbonyl (C=O) groups is 1. The maximum Gasteiger partial charge on any atom is 0.410 e. The Morgan fingerprint density at radius 1 is 1.10 bits per heavy atom. The van der Waals surface area contributed by atoms with Gasteiger partial charge >= 0.3 is 12.0 Å². The average molecular weight is 693 g/mol. The summed E-state index contributed by atoms with van der Waals surface area (Å²) < 4.78 is 52.5. The SMILES string of the molecule is CCOc1nc(Nc2nccc(-c3ccc(OC4CCN(C(=O)OC(C)(C)C)CC4(F)F)c(C#N)c3)n2)ccc1N1CCN(C2COC2)CC1. The van der Waals surface area contributed by atoms with Gasteiger partial charge in [-0.25, -0.2) is 23.5 Å². The Hall–Kier alpha value is -4.81. The lowest BCUT2D eigenvalue weighted by molar-refractivity contribution is -0.137. The van der Waals surface area contributed by atoms with E-state index in [-0.39, 0.29) is 30.2 Å². The van der Waals surface area contributed by atoms with Crippen LogP contribution in [0.2, 0.25) is 0 Å². The molecule has 13 nitrogen and oxygen atoms in total. The first kappa shape index (κ1) is 35.0. The Morgan fingerprint density at radius 2 is 1.88 bits per heavy atom. The fraction of sp³-hybridized carbons (Fsp3) is 0.514. The van der Waals surface area contributed by atoms with Crippen molar-refractivity contribution in [3.63, 3.8) is 0 Å². The van der Waals surface area contributed by atoms with Crippen LogP contribution in [0.15, 0.2) is 42.6 Å². The number of likely N-dealkylation sites (tertiary alicyclic amines) is 1. The number of hydrogen-bond donors (Lipinski definition) is 1. The van der Waals surface area contributed by atoms with Gasteiger partial charge in [0, 0.05) is 50.9 Å². The fourth-order valence-electron chi connectivity index (χ4n) is 6.02. The van der Waals surface area contributed by atoms with Crippen LogP contribution in [0.1, 0.15) is 39.7 Å². The molecule has 266 valence electrons. The Morgan fingerprint density at radius 3 is 2.54 bits per heavy atom. The van der Waals surface area contributed by atoms with Crippen LogP contribution in [-0.4, -0.2) is 114 Å². The number of aromatic nitrogens is 3. The van der Waals surface area contributed by atoms with E-state index in [0.717, 1.165) is 50.0 Å². The van der Waals surface area contributed by atoms with Crippen LogP contribution in [0.4, 0.5) is 31.0 Å². The number of nitrogens with one attached hydrogen (secondary N) is 1. The lowest BCUT2D eigenvalue weighted by atomic mass is 10.0. The van der Waals surface area contributed by atoms with Gasteiger partial charge in [0.25, 0.3) is 0 Å². The largest absolute Gasteiger partial charge is 0.483 e. The number of halogens is 2. The summed E-state index contributed by atoms with van der Waals surface area (Å²) >= 11 is 0. The van der Waals surface area contributed by atoms with E-state index in [1.807, 2.05) is 25.1 Å². The molecule has 1 unspecified atom stereocenters. The Kier molecular flexibility index (Phi) is 10.2. The number of nitrogens with zero attached hydrogens (tertiary/aromatic N) is 7. The molecule has 2 aromatic heterocycles. The van der Waals surface area contributed by atoms with E-state index in [9.17, 15) is 10.1 Å². The molecule has 3 aliphatic rings. The van der Waals surface area contributed by atoms with Crippen molar-refractivity contribution >= 4 is 23.5 Å². The summed E-state index contributed by atoms with van der Waals surface area (Å²) in [5.74, 6) is -2.05. The number of anilines is 3. The molecule has 6 rings (SSSR count). The zero-order chi connectivity index (χ0) is 35.5. The summed E-state index contributed by atoms with van der Waals surface area (Å²) in [6.45, 7) is 11.8. The highest BCUT2D eigenvalue weighted by Crippen LogP contribution is 2.35. The topological polar surface area (TPSA) is 138 Å². The summed E-state index contributed by atoms with van der Waals surface area (Å²) in [4.78, 5) is 31.8. The molecule has 0 bridgehead atoms. The van der Waals surface area contributed by atoms with E-state index in [1.165, 1.54) is 12.1 Å². The number of nitriles is 1. The van der Waals surface area contributed by atoms with Crippen molar-refractivity contribution in [3.05, 3.63) is 48.2 Å². The first-order valence-electron chi connectivity index (χ1n) is 16.8. The van der Waals surface area contributed by atoms with Gasteiger partial charge in [0.15, 0.2) is 6.10 Å². The number of benzene rings is 1. The molecule has 0 radical (unpaired) electrons. The van der Waals surface area contributed by atoms with Crippen molar-refractivity contribution in [1.82, 2.24) is 24.8 Å². The van der Waals surface area contributed by atoms with Crippen LogP contribution in [0.5, 0.6) is 11.6 Å². The molecule has 0 saturated carbocycles. The number of rotatable bonds is 9. The van der Waals surface area contributed by atoms with Crippen molar-refractivity contribution in [2.24, 2.45) is 0 Å². The number of pyridine rings is 1. The first-order valence-corrected chi connectivity index (χ1v) is 16.8. The van der Waals surface area contributed by atoms with Crippen molar-refractivity contribution in [2.45, 2.75) is 57.8 Å². The maximum absolute atomic E-state index is 15.1. The summed E-state index contributed by atoms with van der Waals surface area (Å²) in [6, 6.07) is 12.7. The number of piperazine rings is 1. The minimum absolute atomic E-state index is 0.0188. The maximum atomic E-state index is 15.1. The molecule has 3 aromatic rings. The molecule has 50 heavy (non-hydrogen) atoms. The van der Waals surface area contributed by atoms with E-state index in [0.29, 0.717) is 35.6 Å². The van der Waals surface area contributed by atoms with Crippen LogP contribution >= 0.6 is 0 Å². The molecule has 1 N–H and O–H groups in total. The Labute approximate surface area is 290 Å². The quantitative estimate of drug-likeness (QED) is 0.320. The number of amides is 1. The lowest BCUT2D eigenvalue weighted by Crippen LogP contribution is -2.56. The second kappa shape index (κ2) is 14.6. The zero-order valence-electron chi connectivity index (χ0n) is 28.7. The van der Waals surface area contributed by atoms with E-state index in [2.05, 4.69) is 25.1 Å². The van der Waals surface area contributed by atoms with Gasteiger partial charge in [0.2, 0.25) is 11.8 Å². The predicted molar refractivity (Wildman–Crippen MR) is 181 cm³/mol. The van der Waals surface area contributed by atoms with Crippen molar-refractivity contribution in [1.29, 1.82) is 5.26 Å². The molecule has 1 atom stereocenters. The van der Waals surface area contributed by atoms with Crippen molar-refractivity contribution in [2.75, 3.05) is 69.3 Å².